The fourth-order valence-electron chi connectivity index (χ4n) is 3.38. The molecule has 0 radical (unpaired) electrons. The number of piperidine rings is 1. The molecule has 0 atom stereocenters. The number of rotatable bonds is 4. The number of nitrogens with one attached hydrogen (secondary N) is 2. The number of para-hydroxylation sites is 2. The molecule has 1 aromatic carbocycles. The highest BCUT2D eigenvalue weighted by atomic mass is 16.2. The first-order valence-corrected chi connectivity index (χ1v) is 8.65. The number of nitrogens with zero attached hydrogens (tertiary/aromatic N) is 4. The van der Waals surface area contributed by atoms with Crippen molar-refractivity contribution in [1.82, 2.24) is 25.1 Å². The first-order valence-electron chi connectivity index (χ1n) is 8.65. The molecule has 3 aromatic rings. The molecule has 0 bridgehead atoms. The molecule has 130 valence electrons. The average Bonchev–Trinajstić information content (AvgIpc) is 3.22. The van der Waals surface area contributed by atoms with Crippen molar-refractivity contribution in [3.63, 3.8) is 0 Å². The fraction of sp³-hybridized carbons (Fsp3) is 0.389. The first-order chi connectivity index (χ1) is 12.2. The van der Waals surface area contributed by atoms with E-state index in [-0.39, 0.29) is 11.9 Å². The second-order valence-corrected chi connectivity index (χ2v) is 6.60. The van der Waals surface area contributed by atoms with Gasteiger partial charge in [-0.3, -0.25) is 9.89 Å². The average molecular weight is 338 g/mol. The Hall–Kier alpha value is -2.83. The second kappa shape index (κ2) is 6.58. The molecule has 0 aliphatic carbocycles. The Kier molecular flexibility index (Phi) is 4.13. The van der Waals surface area contributed by atoms with Gasteiger partial charge in [-0.1, -0.05) is 12.1 Å². The van der Waals surface area contributed by atoms with Gasteiger partial charge in [0.05, 0.1) is 17.4 Å². The molecule has 3 heterocycles. The van der Waals surface area contributed by atoms with Crippen LogP contribution in [0.15, 0.2) is 36.7 Å². The summed E-state index contributed by atoms with van der Waals surface area (Å²) in [5.74, 6) is 1.03. The zero-order valence-electron chi connectivity index (χ0n) is 14.3. The van der Waals surface area contributed by atoms with Crippen molar-refractivity contribution in [3.05, 3.63) is 42.4 Å². The van der Waals surface area contributed by atoms with Crippen molar-refractivity contribution in [3.8, 4) is 0 Å². The highest BCUT2D eigenvalue weighted by Crippen LogP contribution is 2.18. The lowest BCUT2D eigenvalue weighted by Gasteiger charge is -2.32. The van der Waals surface area contributed by atoms with Gasteiger partial charge in [-0.15, -0.1) is 0 Å². The second-order valence-electron chi connectivity index (χ2n) is 6.60. The summed E-state index contributed by atoms with van der Waals surface area (Å²) in [7, 11) is 0. The zero-order valence-corrected chi connectivity index (χ0v) is 14.3. The summed E-state index contributed by atoms with van der Waals surface area (Å²) in [6.45, 7) is 4.12. The molecule has 7 nitrogen and oxygen atoms in total. The summed E-state index contributed by atoms with van der Waals surface area (Å²) in [6.07, 6.45) is 3.59. The van der Waals surface area contributed by atoms with Gasteiger partial charge in [0.15, 0.2) is 5.82 Å². The number of hydrogen-bond acceptors (Lipinski definition) is 4. The van der Waals surface area contributed by atoms with E-state index in [2.05, 4.69) is 31.5 Å². The van der Waals surface area contributed by atoms with E-state index in [0.29, 0.717) is 6.54 Å². The van der Waals surface area contributed by atoms with Crippen LogP contribution in [0.4, 0.5) is 5.82 Å². The molecule has 1 amide bonds. The van der Waals surface area contributed by atoms with Crippen molar-refractivity contribution in [2.24, 2.45) is 0 Å². The zero-order chi connectivity index (χ0) is 17.2. The van der Waals surface area contributed by atoms with E-state index in [1.165, 1.54) is 0 Å². The highest BCUT2D eigenvalue weighted by molar-refractivity contribution is 5.80. The van der Waals surface area contributed by atoms with Crippen LogP contribution in [-0.2, 0) is 11.3 Å². The number of aryl methyl sites for hydroxylation is 1. The lowest BCUT2D eigenvalue weighted by atomic mass is 10.1. The summed E-state index contributed by atoms with van der Waals surface area (Å²) in [6, 6.07) is 10.1. The third-order valence-electron chi connectivity index (χ3n) is 4.72. The van der Waals surface area contributed by atoms with E-state index in [4.69, 9.17) is 0 Å². The Morgan fingerprint density at radius 2 is 2.12 bits per heavy atom. The number of carbonyl (C=O) groups is 1. The predicted octanol–water partition coefficient (Wildman–Crippen LogP) is 1.85. The normalized spacial score (nSPS) is 15.6. The van der Waals surface area contributed by atoms with Gasteiger partial charge in [-0.2, -0.15) is 5.10 Å². The molecular formula is C18H22N6O. The molecule has 0 spiro atoms. The molecule has 1 saturated heterocycles. The van der Waals surface area contributed by atoms with Crippen LogP contribution in [-0.4, -0.2) is 44.8 Å². The summed E-state index contributed by atoms with van der Waals surface area (Å²) >= 11 is 0. The number of benzene rings is 1. The number of fused-ring (bicyclic) bond motifs is 1. The number of aromatic amines is 1. The number of amides is 1. The largest absolute Gasteiger partial charge is 0.355 e. The lowest BCUT2D eigenvalue weighted by Crippen LogP contribution is -2.45. The number of carbonyl (C=O) groups excluding carboxylic acids is 1. The van der Waals surface area contributed by atoms with Crippen LogP contribution in [0.1, 0.15) is 18.5 Å². The van der Waals surface area contributed by atoms with Gasteiger partial charge in [-0.05, 0) is 31.9 Å². The highest BCUT2D eigenvalue weighted by Gasteiger charge is 2.22. The van der Waals surface area contributed by atoms with Crippen LogP contribution in [0, 0.1) is 6.92 Å². The van der Waals surface area contributed by atoms with Gasteiger partial charge in [0.25, 0.3) is 0 Å². The maximum atomic E-state index is 12.4. The maximum Gasteiger partial charge on any atom is 0.240 e. The molecule has 1 fully saturated rings. The van der Waals surface area contributed by atoms with E-state index in [0.717, 1.165) is 48.5 Å². The molecule has 1 aliphatic heterocycles. The number of imidazole rings is 1. The Balaban J connectivity index is 1.32. The van der Waals surface area contributed by atoms with E-state index in [9.17, 15) is 4.79 Å². The minimum absolute atomic E-state index is 0.0391. The van der Waals surface area contributed by atoms with Gasteiger partial charge in [0, 0.05) is 30.9 Å². The molecule has 7 heteroatoms. The van der Waals surface area contributed by atoms with Crippen LogP contribution >= 0.6 is 0 Å². The maximum absolute atomic E-state index is 12.4. The Morgan fingerprint density at radius 3 is 2.88 bits per heavy atom. The van der Waals surface area contributed by atoms with Crippen molar-refractivity contribution < 1.29 is 4.79 Å². The third kappa shape index (κ3) is 3.35. The number of aromatic nitrogens is 4. The summed E-state index contributed by atoms with van der Waals surface area (Å²) in [4.78, 5) is 19.0. The SMILES string of the molecule is Cc1cc(N2CCC(NC(=O)Cn3cnc4ccccc43)CC2)n[nH]1. The van der Waals surface area contributed by atoms with E-state index in [1.54, 1.807) is 6.33 Å². The quantitative estimate of drug-likeness (QED) is 0.761. The van der Waals surface area contributed by atoms with Crippen LogP contribution in [0.25, 0.3) is 11.0 Å². The third-order valence-corrected chi connectivity index (χ3v) is 4.72. The van der Waals surface area contributed by atoms with E-state index in [1.807, 2.05) is 35.8 Å². The van der Waals surface area contributed by atoms with Crippen molar-refractivity contribution >= 4 is 22.8 Å². The van der Waals surface area contributed by atoms with Gasteiger partial charge in [0.2, 0.25) is 5.91 Å². The molecule has 1 aliphatic rings. The molecule has 25 heavy (non-hydrogen) atoms. The standard InChI is InChI=1S/C18H22N6O/c1-13-10-17(22-21-13)23-8-6-14(7-9-23)20-18(25)11-24-12-19-15-4-2-3-5-16(15)24/h2-5,10,12,14H,6-9,11H2,1H3,(H,20,25)(H,21,22). The van der Waals surface area contributed by atoms with Gasteiger partial charge >= 0.3 is 0 Å². The monoisotopic (exact) mass is 338 g/mol. The smallest absolute Gasteiger partial charge is 0.240 e. The fourth-order valence-corrected chi connectivity index (χ4v) is 3.38. The number of hydrogen-bond donors (Lipinski definition) is 2. The Bertz CT molecular complexity index is 874. The molecular weight excluding hydrogens is 316 g/mol. The number of H-pyrrole nitrogens is 1. The summed E-state index contributed by atoms with van der Waals surface area (Å²) in [5.41, 5.74) is 2.97. The van der Waals surface area contributed by atoms with Crippen LogP contribution < -0.4 is 10.2 Å². The molecule has 0 saturated carbocycles. The minimum Gasteiger partial charge on any atom is -0.355 e. The van der Waals surface area contributed by atoms with Crippen LogP contribution in [0.2, 0.25) is 0 Å². The van der Waals surface area contributed by atoms with Gasteiger partial charge in [-0.25, -0.2) is 4.98 Å². The first kappa shape index (κ1) is 15.7. The van der Waals surface area contributed by atoms with E-state index >= 15 is 0 Å². The molecule has 4 rings (SSSR count). The topological polar surface area (TPSA) is 78.8 Å². The van der Waals surface area contributed by atoms with Crippen molar-refractivity contribution in [2.45, 2.75) is 32.4 Å². The van der Waals surface area contributed by atoms with E-state index < -0.39 is 0 Å². The summed E-state index contributed by atoms with van der Waals surface area (Å²) < 4.78 is 1.90. The van der Waals surface area contributed by atoms with Gasteiger partial charge < -0.3 is 14.8 Å². The summed E-state index contributed by atoms with van der Waals surface area (Å²) in [5, 5.41) is 10.4. The molecule has 0 unspecified atom stereocenters. The van der Waals surface area contributed by atoms with Crippen molar-refractivity contribution in [1.29, 1.82) is 0 Å². The Morgan fingerprint density at radius 1 is 1.32 bits per heavy atom. The Labute approximate surface area is 146 Å². The molecule has 2 N–H and O–H groups in total. The predicted molar refractivity (Wildman–Crippen MR) is 96.4 cm³/mol. The van der Waals surface area contributed by atoms with Gasteiger partial charge in [0.1, 0.15) is 6.54 Å². The van der Waals surface area contributed by atoms with Crippen molar-refractivity contribution in [2.75, 3.05) is 18.0 Å². The van der Waals surface area contributed by atoms with Crippen LogP contribution in [0.5, 0.6) is 0 Å². The lowest BCUT2D eigenvalue weighted by molar-refractivity contribution is -0.122. The number of anilines is 1. The van der Waals surface area contributed by atoms with Crippen LogP contribution in [0.3, 0.4) is 0 Å². The molecule has 2 aromatic heterocycles. The minimum atomic E-state index is 0.0391.